The molecule has 3 amide bonds. The van der Waals surface area contributed by atoms with Gasteiger partial charge < -0.3 is 31.3 Å². The third-order valence-electron chi connectivity index (χ3n) is 3.68. The highest BCUT2D eigenvalue weighted by atomic mass is 16.4. The second-order valence-electron chi connectivity index (χ2n) is 5.45. The lowest BCUT2D eigenvalue weighted by Crippen LogP contribution is -2.53. The number of urea groups is 1. The number of piperazine rings is 1. The number of guanidine groups is 1. The average Bonchev–Trinajstić information content (AvgIpc) is 2.59. The van der Waals surface area contributed by atoms with Crippen molar-refractivity contribution in [1.29, 1.82) is 5.41 Å². The van der Waals surface area contributed by atoms with Gasteiger partial charge in [-0.15, -0.1) is 0 Å². The molecule has 0 unspecified atom stereocenters. The van der Waals surface area contributed by atoms with Crippen molar-refractivity contribution in [2.45, 2.75) is 0 Å². The van der Waals surface area contributed by atoms with E-state index >= 15 is 0 Å². The molecule has 2 rings (SSSR count). The number of rotatable bonds is 4. The second-order valence-corrected chi connectivity index (χ2v) is 5.45. The molecule has 0 aliphatic carbocycles. The molecule has 0 radical (unpaired) electrons. The molecule has 25 heavy (non-hydrogen) atoms. The number of carbonyl (C=O) groups excluding carboxylic acids is 2. The lowest BCUT2D eigenvalue weighted by Gasteiger charge is -2.34. The molecular formula is C15H20N6O4. The number of nitrogens with two attached hydrogens (primary N) is 1. The molecule has 0 bridgehead atoms. The van der Waals surface area contributed by atoms with Crippen LogP contribution in [0.25, 0.3) is 0 Å². The van der Waals surface area contributed by atoms with Gasteiger partial charge in [0.2, 0.25) is 0 Å². The summed E-state index contributed by atoms with van der Waals surface area (Å²) in [6, 6.07) is 5.92. The highest BCUT2D eigenvalue weighted by molar-refractivity contribution is 5.98. The summed E-state index contributed by atoms with van der Waals surface area (Å²) >= 11 is 0. The van der Waals surface area contributed by atoms with Gasteiger partial charge in [-0.05, 0) is 18.2 Å². The molecule has 1 heterocycles. The number of anilines is 1. The topological polar surface area (TPSA) is 152 Å². The Hall–Kier alpha value is -3.30. The highest BCUT2D eigenvalue weighted by Crippen LogP contribution is 2.12. The van der Waals surface area contributed by atoms with Crippen LogP contribution < -0.4 is 16.4 Å². The van der Waals surface area contributed by atoms with Crippen molar-refractivity contribution >= 4 is 29.6 Å². The van der Waals surface area contributed by atoms with Gasteiger partial charge in [-0.2, -0.15) is 0 Å². The maximum Gasteiger partial charge on any atom is 0.322 e. The Kier molecular flexibility index (Phi) is 5.77. The number of amides is 3. The summed E-state index contributed by atoms with van der Waals surface area (Å²) in [6.07, 6.45) is 0. The minimum Gasteiger partial charge on any atom is -0.480 e. The van der Waals surface area contributed by atoms with E-state index in [4.69, 9.17) is 16.2 Å². The molecule has 134 valence electrons. The number of benzene rings is 1. The quantitative estimate of drug-likeness (QED) is 0.367. The molecule has 1 aliphatic heterocycles. The number of aliphatic carboxylic acids is 1. The van der Waals surface area contributed by atoms with Gasteiger partial charge in [-0.25, -0.2) is 4.79 Å². The van der Waals surface area contributed by atoms with Crippen molar-refractivity contribution in [3.8, 4) is 0 Å². The fourth-order valence-electron chi connectivity index (χ4n) is 2.35. The van der Waals surface area contributed by atoms with Crippen molar-refractivity contribution in [3.05, 3.63) is 29.8 Å². The van der Waals surface area contributed by atoms with Crippen molar-refractivity contribution in [1.82, 2.24) is 15.1 Å². The number of nitrogens with zero attached hydrogens (tertiary/aromatic N) is 2. The smallest absolute Gasteiger partial charge is 0.322 e. The molecule has 0 atom stereocenters. The summed E-state index contributed by atoms with van der Waals surface area (Å²) in [4.78, 5) is 37.9. The van der Waals surface area contributed by atoms with Crippen LogP contribution in [0.4, 0.5) is 10.5 Å². The van der Waals surface area contributed by atoms with Crippen LogP contribution in [-0.4, -0.2) is 71.5 Å². The van der Waals surface area contributed by atoms with Gasteiger partial charge in [-0.3, -0.25) is 15.0 Å². The van der Waals surface area contributed by atoms with Gasteiger partial charge >= 0.3 is 12.0 Å². The first-order valence-corrected chi connectivity index (χ1v) is 7.62. The van der Waals surface area contributed by atoms with Crippen LogP contribution in [-0.2, 0) is 4.79 Å². The highest BCUT2D eigenvalue weighted by Gasteiger charge is 2.21. The van der Waals surface area contributed by atoms with Crippen molar-refractivity contribution in [2.75, 3.05) is 38.0 Å². The zero-order valence-corrected chi connectivity index (χ0v) is 13.5. The van der Waals surface area contributed by atoms with Crippen LogP contribution in [0.5, 0.6) is 0 Å². The molecule has 1 aliphatic rings. The first-order valence-electron chi connectivity index (χ1n) is 7.62. The molecule has 0 spiro atoms. The van der Waals surface area contributed by atoms with Gasteiger partial charge in [-0.1, -0.05) is 6.07 Å². The van der Waals surface area contributed by atoms with Crippen LogP contribution >= 0.6 is 0 Å². The predicted octanol–water partition coefficient (Wildman–Crippen LogP) is -0.456. The van der Waals surface area contributed by atoms with E-state index in [1.165, 1.54) is 12.1 Å². The zero-order valence-electron chi connectivity index (χ0n) is 13.5. The first-order chi connectivity index (χ1) is 11.9. The van der Waals surface area contributed by atoms with E-state index in [-0.39, 0.29) is 17.6 Å². The van der Waals surface area contributed by atoms with E-state index in [9.17, 15) is 14.4 Å². The van der Waals surface area contributed by atoms with Gasteiger partial charge in [0.05, 0.1) is 0 Å². The number of carboxylic acid groups (broad SMARTS) is 1. The monoisotopic (exact) mass is 348 g/mol. The number of carbonyl (C=O) groups is 3. The van der Waals surface area contributed by atoms with E-state index in [1.807, 2.05) is 0 Å². The zero-order chi connectivity index (χ0) is 18.4. The van der Waals surface area contributed by atoms with Crippen LogP contribution in [0.2, 0.25) is 0 Å². The van der Waals surface area contributed by atoms with Crippen LogP contribution in [0, 0.1) is 5.41 Å². The molecule has 10 nitrogen and oxygen atoms in total. The summed E-state index contributed by atoms with van der Waals surface area (Å²) < 4.78 is 0. The Balaban J connectivity index is 1.93. The number of nitrogens with one attached hydrogen (secondary N) is 3. The lowest BCUT2D eigenvalue weighted by molar-refractivity contribution is -0.135. The summed E-state index contributed by atoms with van der Waals surface area (Å²) in [7, 11) is 0. The normalized spacial score (nSPS) is 13.9. The number of hydrogen-bond donors (Lipinski definition) is 5. The standard InChI is InChI=1S/C15H20N6O4/c16-14(17)20-4-6-21(7-5-20)15(25)19-11-3-1-2-10(8-11)13(24)18-9-12(22)23/h1-3,8H,4-7,9H2,(H3,16,17)(H,18,24)(H,19,25)(H,22,23). The Morgan fingerprint density at radius 1 is 1.16 bits per heavy atom. The summed E-state index contributed by atoms with van der Waals surface area (Å²) in [5.41, 5.74) is 6.10. The van der Waals surface area contributed by atoms with Gasteiger partial charge in [0.15, 0.2) is 5.96 Å². The fourth-order valence-corrected chi connectivity index (χ4v) is 2.35. The lowest BCUT2D eigenvalue weighted by atomic mass is 10.2. The number of hydrogen-bond acceptors (Lipinski definition) is 4. The largest absolute Gasteiger partial charge is 0.480 e. The first kappa shape index (κ1) is 18.0. The van der Waals surface area contributed by atoms with Crippen molar-refractivity contribution in [2.24, 2.45) is 5.73 Å². The molecule has 1 aromatic carbocycles. The SMILES string of the molecule is N=C(N)N1CCN(C(=O)Nc2cccc(C(=O)NCC(=O)O)c2)CC1. The minimum absolute atomic E-state index is 0.0138. The predicted molar refractivity (Wildman–Crippen MR) is 90.5 cm³/mol. The molecule has 1 aromatic rings. The summed E-state index contributed by atoms with van der Waals surface area (Å²) in [6.45, 7) is 1.37. The maximum atomic E-state index is 12.3. The Labute approximate surface area is 144 Å². The van der Waals surface area contributed by atoms with E-state index in [0.29, 0.717) is 31.9 Å². The van der Waals surface area contributed by atoms with Gasteiger partial charge in [0.25, 0.3) is 5.91 Å². The van der Waals surface area contributed by atoms with E-state index < -0.39 is 18.4 Å². The molecule has 0 aromatic heterocycles. The van der Waals surface area contributed by atoms with Crippen LogP contribution in [0.15, 0.2) is 24.3 Å². The maximum absolute atomic E-state index is 12.3. The molecule has 1 saturated heterocycles. The van der Waals surface area contributed by atoms with Crippen LogP contribution in [0.1, 0.15) is 10.4 Å². The van der Waals surface area contributed by atoms with E-state index in [1.54, 1.807) is 21.9 Å². The Morgan fingerprint density at radius 3 is 2.40 bits per heavy atom. The third kappa shape index (κ3) is 5.09. The average molecular weight is 348 g/mol. The summed E-state index contributed by atoms with van der Waals surface area (Å²) in [5.74, 6) is -1.68. The molecule has 10 heteroatoms. The Bertz CT molecular complexity index is 684. The van der Waals surface area contributed by atoms with E-state index in [2.05, 4.69) is 10.6 Å². The Morgan fingerprint density at radius 2 is 1.80 bits per heavy atom. The summed E-state index contributed by atoms with van der Waals surface area (Å²) in [5, 5.41) is 20.9. The van der Waals surface area contributed by atoms with Crippen molar-refractivity contribution < 1.29 is 19.5 Å². The fraction of sp³-hybridized carbons (Fsp3) is 0.333. The molecule has 1 fully saturated rings. The van der Waals surface area contributed by atoms with Gasteiger partial charge in [0, 0.05) is 37.4 Å². The second kappa shape index (κ2) is 7.99. The molecule has 6 N–H and O–H groups in total. The molecular weight excluding hydrogens is 328 g/mol. The van der Waals surface area contributed by atoms with Crippen LogP contribution in [0.3, 0.4) is 0 Å². The number of carboxylic acids is 1. The van der Waals surface area contributed by atoms with Crippen molar-refractivity contribution in [3.63, 3.8) is 0 Å². The van der Waals surface area contributed by atoms with E-state index in [0.717, 1.165) is 0 Å². The molecule has 0 saturated carbocycles. The minimum atomic E-state index is -1.14. The van der Waals surface area contributed by atoms with Gasteiger partial charge in [0.1, 0.15) is 6.54 Å². The third-order valence-corrected chi connectivity index (χ3v) is 3.68.